The molecule has 2 aliphatic heterocycles. The summed E-state index contributed by atoms with van der Waals surface area (Å²) in [7, 11) is 1.83. The van der Waals surface area contributed by atoms with Gasteiger partial charge in [-0.2, -0.15) is 0 Å². The number of benzene rings is 1. The molecule has 0 radical (unpaired) electrons. The summed E-state index contributed by atoms with van der Waals surface area (Å²) >= 11 is 0. The lowest BCUT2D eigenvalue weighted by Gasteiger charge is -2.37. The Bertz CT molecular complexity index is 803. The topological polar surface area (TPSA) is 49.9 Å². The van der Waals surface area contributed by atoms with Crippen LogP contribution in [0.5, 0.6) is 0 Å². The maximum absolute atomic E-state index is 12.6. The molecule has 31 heavy (non-hydrogen) atoms. The second kappa shape index (κ2) is 9.21. The maximum Gasteiger partial charge on any atom is 0.229 e. The summed E-state index contributed by atoms with van der Waals surface area (Å²) in [6.07, 6.45) is 7.78. The fourth-order valence-electron chi connectivity index (χ4n) is 6.74. The second-order valence-corrected chi connectivity index (χ2v) is 10.0. The fraction of sp³-hybridized carbons (Fsp3) is 0.680. The fourth-order valence-corrected chi connectivity index (χ4v) is 6.74. The van der Waals surface area contributed by atoms with Crippen molar-refractivity contribution in [1.29, 1.82) is 0 Å². The van der Waals surface area contributed by atoms with Gasteiger partial charge in [-0.3, -0.25) is 14.5 Å². The molecule has 1 spiro atoms. The van der Waals surface area contributed by atoms with Crippen molar-refractivity contribution >= 4 is 24.2 Å². The van der Waals surface area contributed by atoms with Gasteiger partial charge >= 0.3 is 0 Å². The first-order valence-corrected chi connectivity index (χ1v) is 11.8. The maximum atomic E-state index is 12.6. The monoisotopic (exact) mass is 446 g/mol. The average Bonchev–Trinajstić information content (AvgIpc) is 3.41. The van der Waals surface area contributed by atoms with Crippen molar-refractivity contribution in [2.45, 2.75) is 63.4 Å². The van der Waals surface area contributed by atoms with E-state index in [4.69, 9.17) is 4.74 Å². The van der Waals surface area contributed by atoms with E-state index in [0.29, 0.717) is 31.2 Å². The van der Waals surface area contributed by atoms with Gasteiger partial charge in [0.25, 0.3) is 0 Å². The highest BCUT2D eigenvalue weighted by molar-refractivity contribution is 5.98. The van der Waals surface area contributed by atoms with Gasteiger partial charge in [-0.1, -0.05) is 37.1 Å². The van der Waals surface area contributed by atoms with E-state index in [1.165, 1.54) is 24.0 Å². The van der Waals surface area contributed by atoms with Crippen molar-refractivity contribution in [3.63, 3.8) is 0 Å². The lowest BCUT2D eigenvalue weighted by atomic mass is 9.76. The lowest BCUT2D eigenvalue weighted by molar-refractivity contribution is -0.153. The average molecular weight is 447 g/mol. The molecule has 3 atom stereocenters. The number of fused-ring (bicyclic) bond motifs is 3. The molecule has 2 saturated heterocycles. The number of hydrogen-bond donors (Lipinski definition) is 0. The van der Waals surface area contributed by atoms with Gasteiger partial charge in [-0.15, -0.1) is 12.4 Å². The van der Waals surface area contributed by atoms with Crippen molar-refractivity contribution in [2.75, 3.05) is 33.3 Å². The van der Waals surface area contributed by atoms with Crippen molar-refractivity contribution in [1.82, 2.24) is 9.80 Å². The zero-order valence-corrected chi connectivity index (χ0v) is 19.4. The highest BCUT2D eigenvalue weighted by Gasteiger charge is 2.46. The number of rotatable bonds is 6. The van der Waals surface area contributed by atoms with Gasteiger partial charge in [0, 0.05) is 51.4 Å². The summed E-state index contributed by atoms with van der Waals surface area (Å²) in [5.74, 6) is 1.26. The van der Waals surface area contributed by atoms with E-state index in [2.05, 4.69) is 29.2 Å². The standard InChI is InChI=1S/C25H34N2O3.ClH/c1-30-24-19-9-3-2-8-18(19)20-16-26(17-21(20)24)12-6-7-13-27-22(28)14-25(15-23(27)29)10-4-5-11-25;/h2-3,8-9,20-21,24H,4-7,10-17H2,1H3;1H. The molecule has 0 bridgehead atoms. The first kappa shape index (κ1) is 22.8. The Morgan fingerprint density at radius 3 is 2.29 bits per heavy atom. The van der Waals surface area contributed by atoms with Crippen LogP contribution in [0.4, 0.5) is 0 Å². The molecule has 3 fully saturated rings. The molecule has 1 saturated carbocycles. The SMILES string of the molecule is COC1c2ccccc2C2CN(CCCCN3C(=O)CC4(CCCC4)CC3=O)CC21.Cl. The number of hydrogen-bond acceptors (Lipinski definition) is 4. The van der Waals surface area contributed by atoms with Gasteiger partial charge in [0.05, 0.1) is 6.10 Å². The number of likely N-dealkylation sites (tertiary alicyclic amines) is 2. The van der Waals surface area contributed by atoms with Gasteiger partial charge in [-0.25, -0.2) is 0 Å². The zero-order valence-electron chi connectivity index (χ0n) is 18.6. The summed E-state index contributed by atoms with van der Waals surface area (Å²) in [5, 5.41) is 0. The van der Waals surface area contributed by atoms with Crippen LogP contribution in [0.2, 0.25) is 0 Å². The van der Waals surface area contributed by atoms with E-state index in [-0.39, 0.29) is 35.7 Å². The predicted molar refractivity (Wildman–Crippen MR) is 122 cm³/mol. The highest BCUT2D eigenvalue weighted by atomic mass is 35.5. The van der Waals surface area contributed by atoms with Crippen LogP contribution in [0, 0.1) is 11.3 Å². The number of amides is 2. The minimum Gasteiger partial charge on any atom is -0.376 e. The van der Waals surface area contributed by atoms with Crippen molar-refractivity contribution in [3.8, 4) is 0 Å². The van der Waals surface area contributed by atoms with E-state index in [1.54, 1.807) is 4.90 Å². The molecular formula is C25H35ClN2O3. The quantitative estimate of drug-likeness (QED) is 0.482. The molecule has 2 amide bonds. The van der Waals surface area contributed by atoms with E-state index in [9.17, 15) is 9.59 Å². The van der Waals surface area contributed by atoms with Gasteiger partial charge in [0.1, 0.15) is 0 Å². The number of imide groups is 1. The van der Waals surface area contributed by atoms with Gasteiger partial charge in [0.2, 0.25) is 11.8 Å². The van der Waals surface area contributed by atoms with Crippen LogP contribution in [-0.2, 0) is 14.3 Å². The first-order valence-electron chi connectivity index (χ1n) is 11.8. The van der Waals surface area contributed by atoms with Gasteiger partial charge in [0.15, 0.2) is 0 Å². The number of unbranched alkanes of at least 4 members (excludes halogenated alkanes) is 1. The molecule has 6 heteroatoms. The number of carbonyl (C=O) groups excluding carboxylic acids is 2. The summed E-state index contributed by atoms with van der Waals surface area (Å²) in [6.45, 7) is 3.79. The van der Waals surface area contributed by atoms with Crippen LogP contribution in [0.3, 0.4) is 0 Å². The Balaban J connectivity index is 0.00000231. The van der Waals surface area contributed by atoms with Crippen LogP contribution in [0.25, 0.3) is 0 Å². The molecule has 5 nitrogen and oxygen atoms in total. The van der Waals surface area contributed by atoms with E-state index in [0.717, 1.165) is 45.3 Å². The molecule has 170 valence electrons. The summed E-state index contributed by atoms with van der Waals surface area (Å²) < 4.78 is 5.86. The van der Waals surface area contributed by atoms with Crippen molar-refractivity contribution in [2.24, 2.45) is 11.3 Å². The first-order chi connectivity index (χ1) is 14.6. The van der Waals surface area contributed by atoms with Crippen LogP contribution >= 0.6 is 12.4 Å². The number of carbonyl (C=O) groups is 2. The molecule has 4 aliphatic rings. The molecule has 5 rings (SSSR count). The van der Waals surface area contributed by atoms with Crippen LogP contribution in [0.1, 0.15) is 74.5 Å². The number of halogens is 1. The van der Waals surface area contributed by atoms with Gasteiger partial charge < -0.3 is 9.64 Å². The lowest BCUT2D eigenvalue weighted by Crippen LogP contribution is -2.47. The van der Waals surface area contributed by atoms with E-state index >= 15 is 0 Å². The minimum absolute atomic E-state index is 0. The van der Waals surface area contributed by atoms with Crippen molar-refractivity contribution in [3.05, 3.63) is 35.4 Å². The highest BCUT2D eigenvalue weighted by Crippen LogP contribution is 2.50. The van der Waals surface area contributed by atoms with Crippen molar-refractivity contribution < 1.29 is 14.3 Å². The number of methoxy groups -OCH3 is 1. The Labute approximate surface area is 191 Å². The molecule has 1 aromatic carbocycles. The zero-order chi connectivity index (χ0) is 20.7. The molecule has 2 heterocycles. The molecule has 0 N–H and O–H groups in total. The third-order valence-electron chi connectivity index (χ3n) is 8.21. The predicted octanol–water partition coefficient (Wildman–Crippen LogP) is 4.31. The normalized spacial score (nSPS) is 29.3. The summed E-state index contributed by atoms with van der Waals surface area (Å²) in [5.41, 5.74) is 2.84. The molecular weight excluding hydrogens is 412 g/mol. The van der Waals surface area contributed by atoms with Crippen LogP contribution in [-0.4, -0.2) is 54.9 Å². The summed E-state index contributed by atoms with van der Waals surface area (Å²) in [4.78, 5) is 29.3. The van der Waals surface area contributed by atoms with E-state index < -0.39 is 0 Å². The number of nitrogens with zero attached hydrogens (tertiary/aromatic N) is 2. The molecule has 1 aromatic rings. The Morgan fingerprint density at radius 2 is 1.61 bits per heavy atom. The third kappa shape index (κ3) is 4.17. The third-order valence-corrected chi connectivity index (χ3v) is 8.21. The number of ether oxygens (including phenoxy) is 1. The number of piperidine rings is 1. The minimum atomic E-state index is 0. The smallest absolute Gasteiger partial charge is 0.229 e. The summed E-state index contributed by atoms with van der Waals surface area (Å²) in [6, 6.07) is 8.73. The molecule has 3 unspecified atom stereocenters. The largest absolute Gasteiger partial charge is 0.376 e. The van der Waals surface area contributed by atoms with Crippen LogP contribution < -0.4 is 0 Å². The Morgan fingerprint density at radius 1 is 0.968 bits per heavy atom. The Kier molecular flexibility index (Phi) is 6.76. The van der Waals surface area contributed by atoms with E-state index in [1.807, 2.05) is 7.11 Å². The van der Waals surface area contributed by atoms with Crippen LogP contribution in [0.15, 0.2) is 24.3 Å². The Hall–Kier alpha value is -1.43. The molecule has 0 aromatic heterocycles. The second-order valence-electron chi connectivity index (χ2n) is 10.0. The van der Waals surface area contributed by atoms with Gasteiger partial charge in [-0.05, 0) is 48.8 Å². The molecule has 2 aliphatic carbocycles.